The highest BCUT2D eigenvalue weighted by Gasteiger charge is 2.27. The fourth-order valence-corrected chi connectivity index (χ4v) is 1.70. The molecule has 0 fully saturated rings. The standard InChI is InChI=1S/C11H8ClNO3/c1-16-5-9-8-4-6(12)2-3-7(8)10(14)13-11(9)15/h2-5H,1H3,(H,13,14,15). The number of carbonyl (C=O) groups excluding carboxylic acids is 2. The molecule has 0 spiro atoms. The highest BCUT2D eigenvalue weighted by atomic mass is 35.5. The minimum Gasteiger partial charge on any atom is -0.504 e. The molecule has 1 aliphatic rings. The van der Waals surface area contributed by atoms with Gasteiger partial charge in [-0.3, -0.25) is 14.9 Å². The van der Waals surface area contributed by atoms with E-state index in [-0.39, 0.29) is 0 Å². The maximum Gasteiger partial charge on any atom is 0.261 e. The van der Waals surface area contributed by atoms with Gasteiger partial charge in [-0.05, 0) is 18.2 Å². The Bertz CT molecular complexity index is 508. The maximum atomic E-state index is 11.5. The Labute approximate surface area is 96.9 Å². The minimum atomic E-state index is -0.485. The summed E-state index contributed by atoms with van der Waals surface area (Å²) in [5.74, 6) is -0.911. The third-order valence-electron chi connectivity index (χ3n) is 2.22. The van der Waals surface area contributed by atoms with E-state index < -0.39 is 11.8 Å². The molecule has 16 heavy (non-hydrogen) atoms. The molecule has 0 unspecified atom stereocenters. The zero-order valence-electron chi connectivity index (χ0n) is 8.41. The number of carbonyl (C=O) groups is 2. The molecule has 82 valence electrons. The van der Waals surface area contributed by atoms with Crippen molar-refractivity contribution >= 4 is 29.0 Å². The van der Waals surface area contributed by atoms with E-state index in [1.165, 1.54) is 13.4 Å². The number of ether oxygens (including phenoxy) is 1. The molecule has 1 aromatic carbocycles. The van der Waals surface area contributed by atoms with Gasteiger partial charge in [-0.25, -0.2) is 0 Å². The Morgan fingerprint density at radius 3 is 2.69 bits per heavy atom. The lowest BCUT2D eigenvalue weighted by Gasteiger charge is -2.17. The topological polar surface area (TPSA) is 55.4 Å². The average molecular weight is 238 g/mol. The molecule has 0 aromatic heterocycles. The summed E-state index contributed by atoms with van der Waals surface area (Å²) < 4.78 is 4.81. The number of hydrogen-bond donors (Lipinski definition) is 1. The van der Waals surface area contributed by atoms with Gasteiger partial charge in [0, 0.05) is 16.1 Å². The van der Waals surface area contributed by atoms with Crippen LogP contribution in [0.25, 0.3) is 5.57 Å². The van der Waals surface area contributed by atoms with Crippen molar-refractivity contribution in [3.63, 3.8) is 0 Å². The van der Waals surface area contributed by atoms with Crippen LogP contribution in [0.5, 0.6) is 0 Å². The van der Waals surface area contributed by atoms with Crippen LogP contribution in [0.3, 0.4) is 0 Å². The highest BCUT2D eigenvalue weighted by Crippen LogP contribution is 2.26. The average Bonchev–Trinajstić information content (AvgIpc) is 2.23. The molecule has 4 nitrogen and oxygen atoms in total. The number of nitrogens with one attached hydrogen (secondary N) is 1. The molecule has 5 heteroatoms. The van der Waals surface area contributed by atoms with Gasteiger partial charge in [0.2, 0.25) is 0 Å². The van der Waals surface area contributed by atoms with Gasteiger partial charge in [-0.2, -0.15) is 0 Å². The van der Waals surface area contributed by atoms with Crippen molar-refractivity contribution in [3.8, 4) is 0 Å². The Kier molecular flexibility index (Phi) is 2.66. The summed E-state index contributed by atoms with van der Waals surface area (Å²) in [5.41, 5.74) is 1.19. The molecule has 2 amide bonds. The number of benzene rings is 1. The molecule has 0 aliphatic carbocycles. The van der Waals surface area contributed by atoms with E-state index in [1.807, 2.05) is 0 Å². The van der Waals surface area contributed by atoms with Crippen LogP contribution in [-0.4, -0.2) is 18.9 Å². The second-order valence-electron chi connectivity index (χ2n) is 3.24. The summed E-state index contributed by atoms with van der Waals surface area (Å²) in [4.78, 5) is 23.1. The quantitative estimate of drug-likeness (QED) is 0.459. The van der Waals surface area contributed by atoms with E-state index in [0.29, 0.717) is 21.7 Å². The van der Waals surface area contributed by atoms with Crippen molar-refractivity contribution in [2.45, 2.75) is 0 Å². The third kappa shape index (κ3) is 1.67. The largest absolute Gasteiger partial charge is 0.504 e. The number of amides is 2. The molecular formula is C11H8ClNO3. The second kappa shape index (κ2) is 3.98. The molecule has 1 aliphatic heterocycles. The summed E-state index contributed by atoms with van der Waals surface area (Å²) >= 11 is 5.83. The fourth-order valence-electron chi connectivity index (χ4n) is 1.53. The van der Waals surface area contributed by atoms with E-state index in [0.717, 1.165) is 0 Å². The first kappa shape index (κ1) is 10.7. The van der Waals surface area contributed by atoms with E-state index >= 15 is 0 Å². The summed E-state index contributed by atoms with van der Waals surface area (Å²) in [7, 11) is 1.43. The summed E-state index contributed by atoms with van der Waals surface area (Å²) in [5, 5.41) is 2.68. The van der Waals surface area contributed by atoms with Gasteiger partial charge in [0.15, 0.2) is 0 Å². The van der Waals surface area contributed by atoms with Crippen molar-refractivity contribution in [2.75, 3.05) is 7.11 Å². The van der Waals surface area contributed by atoms with E-state index in [4.69, 9.17) is 16.3 Å². The van der Waals surface area contributed by atoms with Crippen molar-refractivity contribution < 1.29 is 14.3 Å². The lowest BCUT2D eigenvalue weighted by Crippen LogP contribution is -2.36. The monoisotopic (exact) mass is 237 g/mol. The van der Waals surface area contributed by atoms with Crippen LogP contribution in [0.15, 0.2) is 24.5 Å². The Balaban J connectivity index is 2.65. The first-order chi connectivity index (χ1) is 7.63. The molecule has 0 saturated carbocycles. The van der Waals surface area contributed by atoms with Crippen molar-refractivity contribution in [1.82, 2.24) is 5.32 Å². The first-order valence-corrected chi connectivity index (χ1v) is 4.90. The molecule has 1 N–H and O–H groups in total. The molecular weight excluding hydrogens is 230 g/mol. The Morgan fingerprint density at radius 1 is 1.25 bits per heavy atom. The summed E-state index contributed by atoms with van der Waals surface area (Å²) in [6.07, 6.45) is 1.29. The van der Waals surface area contributed by atoms with Crippen LogP contribution in [0.4, 0.5) is 0 Å². The minimum absolute atomic E-state index is 0.291. The van der Waals surface area contributed by atoms with Crippen LogP contribution in [0.1, 0.15) is 15.9 Å². The van der Waals surface area contributed by atoms with Crippen LogP contribution in [0, 0.1) is 0 Å². The van der Waals surface area contributed by atoms with Crippen LogP contribution >= 0.6 is 11.6 Å². The van der Waals surface area contributed by atoms with Crippen molar-refractivity contribution in [2.24, 2.45) is 0 Å². The SMILES string of the molecule is COC=C1C(=O)NC(=O)c2ccc(Cl)cc21. The zero-order chi connectivity index (χ0) is 11.7. The number of rotatable bonds is 1. The van der Waals surface area contributed by atoms with Gasteiger partial charge in [0.1, 0.15) is 0 Å². The molecule has 0 radical (unpaired) electrons. The van der Waals surface area contributed by atoms with Crippen molar-refractivity contribution in [1.29, 1.82) is 0 Å². The zero-order valence-corrected chi connectivity index (χ0v) is 9.17. The number of imide groups is 1. The molecule has 0 bridgehead atoms. The number of fused-ring (bicyclic) bond motifs is 1. The first-order valence-electron chi connectivity index (χ1n) is 4.52. The second-order valence-corrected chi connectivity index (χ2v) is 3.68. The number of methoxy groups -OCH3 is 1. The molecule has 1 aromatic rings. The molecule has 0 saturated heterocycles. The van der Waals surface area contributed by atoms with Gasteiger partial charge < -0.3 is 4.74 Å². The summed E-state index contributed by atoms with van der Waals surface area (Å²) in [6.45, 7) is 0. The number of hydrogen-bond acceptors (Lipinski definition) is 3. The Morgan fingerprint density at radius 2 is 2.00 bits per heavy atom. The lowest BCUT2D eigenvalue weighted by atomic mass is 9.96. The molecule has 1 heterocycles. The third-order valence-corrected chi connectivity index (χ3v) is 2.46. The van der Waals surface area contributed by atoms with Gasteiger partial charge in [0.25, 0.3) is 11.8 Å². The molecule has 0 atom stereocenters. The predicted octanol–water partition coefficient (Wildman–Crippen LogP) is 1.60. The van der Waals surface area contributed by atoms with E-state index in [2.05, 4.69) is 5.32 Å². The molecule has 2 rings (SSSR count). The highest BCUT2D eigenvalue weighted by molar-refractivity contribution is 6.34. The van der Waals surface area contributed by atoms with E-state index in [9.17, 15) is 9.59 Å². The van der Waals surface area contributed by atoms with Gasteiger partial charge in [-0.15, -0.1) is 0 Å². The lowest BCUT2D eigenvalue weighted by molar-refractivity contribution is -0.114. The smallest absolute Gasteiger partial charge is 0.261 e. The van der Waals surface area contributed by atoms with Gasteiger partial charge in [-0.1, -0.05) is 11.6 Å². The van der Waals surface area contributed by atoms with E-state index in [1.54, 1.807) is 18.2 Å². The van der Waals surface area contributed by atoms with Gasteiger partial charge in [0.05, 0.1) is 18.9 Å². The van der Waals surface area contributed by atoms with Gasteiger partial charge >= 0.3 is 0 Å². The van der Waals surface area contributed by atoms with Crippen LogP contribution < -0.4 is 5.32 Å². The number of halogens is 1. The predicted molar refractivity (Wildman–Crippen MR) is 58.9 cm³/mol. The van der Waals surface area contributed by atoms with Crippen LogP contribution in [-0.2, 0) is 9.53 Å². The normalized spacial score (nSPS) is 17.0. The Hall–Kier alpha value is -1.81. The van der Waals surface area contributed by atoms with Crippen molar-refractivity contribution in [3.05, 3.63) is 40.6 Å². The summed E-state index contributed by atoms with van der Waals surface area (Å²) in [6, 6.07) is 4.74. The van der Waals surface area contributed by atoms with Crippen LogP contribution in [0.2, 0.25) is 5.02 Å². The fraction of sp³-hybridized carbons (Fsp3) is 0.0909. The maximum absolute atomic E-state index is 11.5.